The second-order valence-corrected chi connectivity index (χ2v) is 8.59. The summed E-state index contributed by atoms with van der Waals surface area (Å²) in [5, 5.41) is 3.55. The van der Waals surface area contributed by atoms with Crippen LogP contribution in [0.1, 0.15) is 60.9 Å². The summed E-state index contributed by atoms with van der Waals surface area (Å²) in [5.41, 5.74) is 5.24. The van der Waals surface area contributed by atoms with E-state index in [1.165, 1.54) is 42.5 Å². The number of fused-ring (bicyclic) bond motifs is 1. The molecule has 0 spiro atoms. The number of allylic oxidation sites excluding steroid dienone is 1. The van der Waals surface area contributed by atoms with Crippen LogP contribution in [0.5, 0.6) is 0 Å². The van der Waals surface area contributed by atoms with Crippen molar-refractivity contribution in [2.24, 2.45) is 5.92 Å². The molecular weight excluding hydrogens is 312 g/mol. The number of thiophene rings is 1. The van der Waals surface area contributed by atoms with Gasteiger partial charge < -0.3 is 10.2 Å². The monoisotopic (exact) mass is 346 g/mol. The first kappa shape index (κ1) is 19.1. The Hall–Kier alpha value is -1.22. The van der Waals surface area contributed by atoms with E-state index in [2.05, 4.69) is 58.1 Å². The van der Waals surface area contributed by atoms with E-state index in [-0.39, 0.29) is 0 Å². The molecule has 2 unspecified atom stereocenters. The Bertz CT molecular complexity index is 599. The lowest BCUT2D eigenvalue weighted by molar-refractivity contribution is 0.219. The van der Waals surface area contributed by atoms with Crippen molar-refractivity contribution in [1.29, 1.82) is 0 Å². The highest BCUT2D eigenvalue weighted by atomic mass is 32.1. The van der Waals surface area contributed by atoms with E-state index in [0.29, 0.717) is 12.0 Å². The first-order valence-electron chi connectivity index (χ1n) is 9.29. The van der Waals surface area contributed by atoms with Crippen LogP contribution in [-0.2, 0) is 12.8 Å². The predicted octanol–water partition coefficient (Wildman–Crippen LogP) is 5.38. The van der Waals surface area contributed by atoms with E-state index in [4.69, 9.17) is 0 Å². The van der Waals surface area contributed by atoms with Crippen molar-refractivity contribution < 1.29 is 0 Å². The number of hydrogen-bond donors (Lipinski definition) is 1. The molecule has 0 aliphatic heterocycles. The molecular formula is C21H34N2S. The van der Waals surface area contributed by atoms with Crippen LogP contribution in [0.2, 0.25) is 0 Å². The zero-order valence-electron chi connectivity index (χ0n) is 16.2. The Morgan fingerprint density at radius 1 is 1.42 bits per heavy atom. The molecule has 1 aliphatic rings. The molecule has 1 aliphatic carbocycles. The van der Waals surface area contributed by atoms with Gasteiger partial charge in [0.2, 0.25) is 0 Å². The lowest BCUT2D eigenvalue weighted by atomic mass is 9.81. The summed E-state index contributed by atoms with van der Waals surface area (Å²) < 4.78 is 0. The van der Waals surface area contributed by atoms with E-state index in [0.717, 1.165) is 17.9 Å². The highest BCUT2D eigenvalue weighted by molar-refractivity contribution is 7.12. The molecule has 0 bridgehead atoms. The molecule has 0 radical (unpaired) electrons. The van der Waals surface area contributed by atoms with Crippen molar-refractivity contribution in [1.82, 2.24) is 10.2 Å². The van der Waals surface area contributed by atoms with Crippen LogP contribution in [0.4, 0.5) is 0 Å². The molecule has 0 aromatic carbocycles. The molecule has 1 N–H and O–H groups in total. The minimum Gasteiger partial charge on any atom is -0.385 e. The first-order valence-corrected chi connectivity index (χ1v) is 10.1. The topological polar surface area (TPSA) is 15.3 Å². The summed E-state index contributed by atoms with van der Waals surface area (Å²) in [6, 6.07) is 0.532. The number of hydrogen-bond acceptors (Lipinski definition) is 3. The van der Waals surface area contributed by atoms with Crippen LogP contribution in [0.3, 0.4) is 0 Å². The van der Waals surface area contributed by atoms with E-state index in [1.807, 2.05) is 11.3 Å². The van der Waals surface area contributed by atoms with Gasteiger partial charge in [0.15, 0.2) is 0 Å². The van der Waals surface area contributed by atoms with Gasteiger partial charge in [-0.15, -0.1) is 11.3 Å². The minimum absolute atomic E-state index is 0.532. The second kappa shape index (κ2) is 8.24. The summed E-state index contributed by atoms with van der Waals surface area (Å²) in [5.74, 6) is 0.690. The maximum Gasteiger partial charge on any atom is 0.0354 e. The molecule has 1 aromatic heterocycles. The molecule has 0 fully saturated rings. The van der Waals surface area contributed by atoms with Crippen molar-refractivity contribution in [3.8, 4) is 0 Å². The van der Waals surface area contributed by atoms with Gasteiger partial charge in [-0.3, -0.25) is 0 Å². The Kier molecular flexibility index (Phi) is 6.56. The summed E-state index contributed by atoms with van der Waals surface area (Å²) in [6.45, 7) is 18.4. The first-order chi connectivity index (χ1) is 11.4. The number of unbranched alkanes of at least 4 members (excludes halogenated alkanes) is 1. The van der Waals surface area contributed by atoms with Crippen molar-refractivity contribution in [3.63, 3.8) is 0 Å². The average molecular weight is 347 g/mol. The summed E-state index contributed by atoms with van der Waals surface area (Å²) in [4.78, 5) is 5.35. The summed E-state index contributed by atoms with van der Waals surface area (Å²) in [7, 11) is 2.17. The standard InChI is InChI=1S/C21H34N2S/c1-8-9-12-22-15(4)21-17(6)24-20-11-10-18(13-19(20)21)16(5)23(7)14(2)3/h16,18,22H,2,4,8-13H2,1,3,5-7H3. The molecule has 0 saturated heterocycles. The van der Waals surface area contributed by atoms with Gasteiger partial charge >= 0.3 is 0 Å². The smallest absolute Gasteiger partial charge is 0.0354 e. The number of aryl methyl sites for hydroxylation is 2. The molecule has 2 nitrogen and oxygen atoms in total. The Morgan fingerprint density at radius 2 is 2.12 bits per heavy atom. The zero-order chi connectivity index (χ0) is 17.9. The molecule has 134 valence electrons. The van der Waals surface area contributed by atoms with Crippen LogP contribution >= 0.6 is 11.3 Å². The number of nitrogens with zero attached hydrogens (tertiary/aromatic N) is 1. The van der Waals surface area contributed by atoms with E-state index in [1.54, 1.807) is 10.4 Å². The van der Waals surface area contributed by atoms with Gasteiger partial charge in [-0.2, -0.15) is 0 Å². The molecule has 1 aromatic rings. The van der Waals surface area contributed by atoms with Gasteiger partial charge in [-0.05, 0) is 57.9 Å². The Labute approximate surface area is 152 Å². The van der Waals surface area contributed by atoms with Gasteiger partial charge in [0.25, 0.3) is 0 Å². The van der Waals surface area contributed by atoms with Crippen molar-refractivity contribution in [2.75, 3.05) is 13.6 Å². The van der Waals surface area contributed by atoms with E-state index >= 15 is 0 Å². The Balaban J connectivity index is 2.17. The second-order valence-electron chi connectivity index (χ2n) is 7.28. The quantitative estimate of drug-likeness (QED) is 0.636. The van der Waals surface area contributed by atoms with E-state index < -0.39 is 0 Å². The van der Waals surface area contributed by atoms with Gasteiger partial charge in [0.05, 0.1) is 0 Å². The average Bonchev–Trinajstić information content (AvgIpc) is 2.88. The normalized spacial score (nSPS) is 18.0. The highest BCUT2D eigenvalue weighted by Gasteiger charge is 2.30. The van der Waals surface area contributed by atoms with Gasteiger partial charge in [0.1, 0.15) is 0 Å². The largest absolute Gasteiger partial charge is 0.385 e. The highest BCUT2D eigenvalue weighted by Crippen LogP contribution is 2.40. The van der Waals surface area contributed by atoms with Crippen LogP contribution in [0.25, 0.3) is 5.70 Å². The molecule has 0 amide bonds. The van der Waals surface area contributed by atoms with Gasteiger partial charge in [0, 0.05) is 46.3 Å². The lowest BCUT2D eigenvalue weighted by Crippen LogP contribution is -2.36. The maximum atomic E-state index is 4.34. The lowest BCUT2D eigenvalue weighted by Gasteiger charge is -2.36. The SMILES string of the molecule is C=C(NCCCC)c1c(C)sc2c1CC(C(C)N(C)C(=C)C)CC2. The fourth-order valence-electron chi connectivity index (χ4n) is 3.72. The third-order valence-corrected chi connectivity index (χ3v) is 6.75. The summed E-state index contributed by atoms with van der Waals surface area (Å²) >= 11 is 1.98. The maximum absolute atomic E-state index is 4.34. The minimum atomic E-state index is 0.532. The van der Waals surface area contributed by atoms with E-state index in [9.17, 15) is 0 Å². The van der Waals surface area contributed by atoms with Crippen LogP contribution in [0, 0.1) is 12.8 Å². The number of rotatable bonds is 8. The summed E-state index contributed by atoms with van der Waals surface area (Å²) in [6.07, 6.45) is 6.08. The van der Waals surface area contributed by atoms with Crippen molar-refractivity contribution in [3.05, 3.63) is 39.7 Å². The molecule has 3 heteroatoms. The third kappa shape index (κ3) is 4.05. The van der Waals surface area contributed by atoms with Crippen LogP contribution in [-0.4, -0.2) is 24.5 Å². The fraction of sp³-hybridized carbons (Fsp3) is 0.619. The van der Waals surface area contributed by atoms with Crippen molar-refractivity contribution >= 4 is 17.0 Å². The van der Waals surface area contributed by atoms with Crippen LogP contribution < -0.4 is 5.32 Å². The molecule has 0 saturated carbocycles. The molecule has 2 rings (SSSR count). The molecule has 1 heterocycles. The molecule has 2 atom stereocenters. The molecule has 24 heavy (non-hydrogen) atoms. The van der Waals surface area contributed by atoms with Crippen LogP contribution in [0.15, 0.2) is 18.9 Å². The third-order valence-electron chi connectivity index (χ3n) is 5.54. The number of nitrogens with one attached hydrogen (secondary N) is 1. The van der Waals surface area contributed by atoms with Gasteiger partial charge in [-0.25, -0.2) is 0 Å². The predicted molar refractivity (Wildman–Crippen MR) is 109 cm³/mol. The van der Waals surface area contributed by atoms with Gasteiger partial charge in [-0.1, -0.05) is 26.5 Å². The van der Waals surface area contributed by atoms with Crippen molar-refractivity contribution in [2.45, 2.75) is 65.8 Å². The fourth-order valence-corrected chi connectivity index (χ4v) is 4.97. The zero-order valence-corrected chi connectivity index (χ0v) is 17.0. The Morgan fingerprint density at radius 3 is 2.75 bits per heavy atom.